The number of piperazine rings is 1. The van der Waals surface area contributed by atoms with Gasteiger partial charge in [-0.05, 0) is 31.7 Å². The Morgan fingerprint density at radius 3 is 2.57 bits per heavy atom. The van der Waals surface area contributed by atoms with Crippen LogP contribution < -0.4 is 5.56 Å². The maximum Gasteiger partial charge on any atom is 0.260 e. The van der Waals surface area contributed by atoms with Gasteiger partial charge < -0.3 is 14.8 Å². The highest BCUT2D eigenvalue weighted by Crippen LogP contribution is 2.26. The van der Waals surface area contributed by atoms with Crippen molar-refractivity contribution in [1.29, 1.82) is 0 Å². The minimum atomic E-state index is -0.319. The van der Waals surface area contributed by atoms with Crippen molar-refractivity contribution >= 4 is 5.91 Å². The Balaban J connectivity index is 1.95. The fourth-order valence-electron chi connectivity index (χ4n) is 3.02. The Morgan fingerprint density at radius 1 is 1.13 bits per heavy atom. The summed E-state index contributed by atoms with van der Waals surface area (Å²) < 4.78 is 0. The number of hydrogen-bond donors (Lipinski definition) is 1. The number of nitrogens with zero attached hydrogens (tertiary/aromatic N) is 2. The largest absolute Gasteiger partial charge is 0.329 e. The maximum absolute atomic E-state index is 12.9. The highest BCUT2D eigenvalue weighted by Gasteiger charge is 2.31. The first-order valence-corrected chi connectivity index (χ1v) is 7.80. The molecular formula is C18H21N3O2. The number of H-pyrrole nitrogens is 1. The van der Waals surface area contributed by atoms with Gasteiger partial charge in [-0.15, -0.1) is 0 Å². The Morgan fingerprint density at radius 2 is 1.87 bits per heavy atom. The molecule has 1 aromatic carbocycles. The van der Waals surface area contributed by atoms with Crippen molar-refractivity contribution in [1.82, 2.24) is 14.8 Å². The predicted molar refractivity (Wildman–Crippen MR) is 89.5 cm³/mol. The van der Waals surface area contributed by atoms with E-state index in [-0.39, 0.29) is 23.1 Å². The third-order valence-corrected chi connectivity index (χ3v) is 4.31. The van der Waals surface area contributed by atoms with Gasteiger partial charge in [-0.2, -0.15) is 0 Å². The second-order valence-corrected chi connectivity index (χ2v) is 6.07. The summed E-state index contributed by atoms with van der Waals surface area (Å²) in [6.45, 7) is 3.98. The molecule has 1 aliphatic heterocycles. The summed E-state index contributed by atoms with van der Waals surface area (Å²) in [4.78, 5) is 31.8. The zero-order chi connectivity index (χ0) is 16.4. The summed E-state index contributed by atoms with van der Waals surface area (Å²) in [5.74, 6) is -0.201. The van der Waals surface area contributed by atoms with Crippen molar-refractivity contribution in [3.05, 3.63) is 69.6 Å². The monoisotopic (exact) mass is 311 g/mol. The fourth-order valence-corrected chi connectivity index (χ4v) is 3.02. The number of aromatic amines is 1. The van der Waals surface area contributed by atoms with E-state index >= 15 is 0 Å². The highest BCUT2D eigenvalue weighted by atomic mass is 16.2. The van der Waals surface area contributed by atoms with E-state index in [1.807, 2.05) is 35.2 Å². The van der Waals surface area contributed by atoms with Crippen molar-refractivity contribution in [3.8, 4) is 0 Å². The number of amides is 1. The van der Waals surface area contributed by atoms with Crippen molar-refractivity contribution in [2.75, 3.05) is 26.7 Å². The summed E-state index contributed by atoms with van der Waals surface area (Å²) in [6, 6.07) is 13.3. The number of rotatable bonds is 2. The van der Waals surface area contributed by atoms with Gasteiger partial charge in [-0.25, -0.2) is 0 Å². The second-order valence-electron chi connectivity index (χ2n) is 6.07. The number of likely N-dealkylation sites (N-methyl/N-ethyl adjacent to an activating group) is 1. The number of carbonyl (C=O) groups is 1. The molecular weight excluding hydrogens is 290 g/mol. The molecule has 1 saturated heterocycles. The zero-order valence-corrected chi connectivity index (χ0v) is 13.5. The third kappa shape index (κ3) is 3.19. The summed E-state index contributed by atoms with van der Waals surface area (Å²) in [5.41, 5.74) is 1.74. The molecule has 2 aromatic rings. The summed E-state index contributed by atoms with van der Waals surface area (Å²) in [6.07, 6.45) is 0. The second kappa shape index (κ2) is 6.38. The molecule has 5 nitrogen and oxygen atoms in total. The minimum absolute atomic E-state index is 0.0387. The van der Waals surface area contributed by atoms with Gasteiger partial charge in [0, 0.05) is 25.3 Å². The molecule has 0 radical (unpaired) electrons. The summed E-state index contributed by atoms with van der Waals surface area (Å²) in [7, 11) is 2.05. The number of nitrogens with one attached hydrogen (secondary N) is 1. The van der Waals surface area contributed by atoms with Crippen molar-refractivity contribution in [2.24, 2.45) is 0 Å². The molecule has 0 unspecified atom stereocenters. The van der Waals surface area contributed by atoms with Crippen LogP contribution >= 0.6 is 0 Å². The standard InChI is InChI=1S/C18H21N3O2/c1-13-8-9-15(17(22)19-13)18(23)21-11-10-20(2)12-16(21)14-6-4-3-5-7-14/h3-9,16H,10-12H2,1-2H3,(H,19,22)/t16-/m0/s1. The molecule has 23 heavy (non-hydrogen) atoms. The number of pyridine rings is 1. The van der Waals surface area contributed by atoms with Gasteiger partial charge in [0.1, 0.15) is 5.56 Å². The van der Waals surface area contributed by atoms with E-state index in [0.29, 0.717) is 6.54 Å². The molecule has 0 bridgehead atoms. The Labute approximate surface area is 135 Å². The van der Waals surface area contributed by atoms with Gasteiger partial charge in [-0.1, -0.05) is 30.3 Å². The highest BCUT2D eigenvalue weighted by molar-refractivity contribution is 5.94. The van der Waals surface area contributed by atoms with E-state index in [2.05, 4.69) is 16.9 Å². The number of aromatic nitrogens is 1. The van der Waals surface area contributed by atoms with Crippen molar-refractivity contribution < 1.29 is 4.79 Å². The molecule has 1 aliphatic rings. The Bertz CT molecular complexity index is 754. The molecule has 3 rings (SSSR count). The van der Waals surface area contributed by atoms with Crippen LogP contribution in [0.15, 0.2) is 47.3 Å². The minimum Gasteiger partial charge on any atom is -0.329 e. The van der Waals surface area contributed by atoms with Crippen LogP contribution in [-0.2, 0) is 0 Å². The number of benzene rings is 1. The lowest BCUT2D eigenvalue weighted by molar-refractivity contribution is 0.0496. The van der Waals surface area contributed by atoms with Crippen LogP contribution in [0.2, 0.25) is 0 Å². The molecule has 0 saturated carbocycles. The van der Waals surface area contributed by atoms with Crippen LogP contribution in [0.25, 0.3) is 0 Å². The molecule has 120 valence electrons. The van der Waals surface area contributed by atoms with Gasteiger partial charge in [0.05, 0.1) is 6.04 Å². The normalized spacial score (nSPS) is 18.9. The lowest BCUT2D eigenvalue weighted by Gasteiger charge is -2.40. The molecule has 5 heteroatoms. The van der Waals surface area contributed by atoms with Crippen LogP contribution in [0.1, 0.15) is 27.7 Å². The van der Waals surface area contributed by atoms with Crippen LogP contribution in [0.4, 0.5) is 0 Å². The first kappa shape index (κ1) is 15.5. The summed E-state index contributed by atoms with van der Waals surface area (Å²) in [5, 5.41) is 0. The van der Waals surface area contributed by atoms with Gasteiger partial charge in [0.2, 0.25) is 0 Å². The summed E-state index contributed by atoms with van der Waals surface area (Å²) >= 11 is 0. The van der Waals surface area contributed by atoms with E-state index in [0.717, 1.165) is 24.3 Å². The van der Waals surface area contributed by atoms with Crippen molar-refractivity contribution in [3.63, 3.8) is 0 Å². The zero-order valence-electron chi connectivity index (χ0n) is 13.5. The third-order valence-electron chi connectivity index (χ3n) is 4.31. The van der Waals surface area contributed by atoms with E-state index < -0.39 is 0 Å². The number of carbonyl (C=O) groups excluding carboxylic acids is 1. The molecule has 1 N–H and O–H groups in total. The molecule has 1 fully saturated rings. The Hall–Kier alpha value is -2.40. The smallest absolute Gasteiger partial charge is 0.260 e. The molecule has 1 amide bonds. The predicted octanol–water partition coefficient (Wildman–Crippen LogP) is 1.81. The van der Waals surface area contributed by atoms with E-state index in [1.54, 1.807) is 19.1 Å². The topological polar surface area (TPSA) is 56.4 Å². The van der Waals surface area contributed by atoms with Gasteiger partial charge >= 0.3 is 0 Å². The lowest BCUT2D eigenvalue weighted by Crippen LogP contribution is -2.50. The molecule has 2 heterocycles. The molecule has 1 atom stereocenters. The van der Waals surface area contributed by atoms with Crippen LogP contribution in [0.5, 0.6) is 0 Å². The van der Waals surface area contributed by atoms with E-state index in [4.69, 9.17) is 0 Å². The first-order valence-electron chi connectivity index (χ1n) is 7.80. The van der Waals surface area contributed by atoms with Crippen LogP contribution in [0, 0.1) is 6.92 Å². The molecule has 0 spiro atoms. The van der Waals surface area contributed by atoms with Gasteiger partial charge in [0.15, 0.2) is 0 Å². The van der Waals surface area contributed by atoms with Crippen LogP contribution in [0.3, 0.4) is 0 Å². The SMILES string of the molecule is Cc1ccc(C(=O)N2CCN(C)C[C@H]2c2ccccc2)c(=O)[nH]1. The fraction of sp³-hybridized carbons (Fsp3) is 0.333. The lowest BCUT2D eigenvalue weighted by atomic mass is 10.0. The average molecular weight is 311 g/mol. The molecule has 1 aromatic heterocycles. The van der Waals surface area contributed by atoms with Crippen molar-refractivity contribution in [2.45, 2.75) is 13.0 Å². The Kier molecular flexibility index (Phi) is 4.30. The van der Waals surface area contributed by atoms with Crippen LogP contribution in [-0.4, -0.2) is 47.4 Å². The quantitative estimate of drug-likeness (QED) is 0.920. The first-order chi connectivity index (χ1) is 11.1. The van der Waals surface area contributed by atoms with E-state index in [1.165, 1.54) is 0 Å². The maximum atomic E-state index is 12.9. The number of aryl methyl sites for hydroxylation is 1. The van der Waals surface area contributed by atoms with Gasteiger partial charge in [0.25, 0.3) is 11.5 Å². The van der Waals surface area contributed by atoms with Gasteiger partial charge in [-0.3, -0.25) is 9.59 Å². The average Bonchev–Trinajstić information content (AvgIpc) is 2.55. The molecule has 0 aliphatic carbocycles. The van der Waals surface area contributed by atoms with E-state index in [9.17, 15) is 9.59 Å². The number of hydrogen-bond acceptors (Lipinski definition) is 3.